The summed E-state index contributed by atoms with van der Waals surface area (Å²) in [6.45, 7) is 10.7. The molecule has 130 heavy (non-hydrogen) atoms. The number of phenols is 1. The molecule has 0 saturated heterocycles. The second-order valence-electron chi connectivity index (χ2n) is 27.6. The van der Waals surface area contributed by atoms with Crippen molar-refractivity contribution < 1.29 is 72.4 Å². The van der Waals surface area contributed by atoms with E-state index in [9.17, 15) is 49.0 Å². The lowest BCUT2D eigenvalue weighted by Crippen LogP contribution is -2.26. The Morgan fingerprint density at radius 3 is 1.32 bits per heavy atom. The van der Waals surface area contributed by atoms with Gasteiger partial charge in [0.15, 0.2) is 23.0 Å². The molecule has 670 valence electrons. The molecule has 0 spiro atoms. The fraction of sp³-hybridized carbons (Fsp3) is 0.163. The number of anilines is 4. The SMILES string of the molecule is Cc1cc(O)ccc1[N+](=O)[O-].Cc1cc(OCCOCc2ccccc2)ccc1N.Cc1cc(OCCOCc2ccccc2)ccc1[N+](=O)[O-].Nc1nc2ccccc2[nH]1.O=C(Cl)c1ncn2c(=O)c3c(C(=O)Cl)ncn3c(=O)c12.O=C(Nc1ccc(OCCOCc2ccccc2)cc1Cl)c1nc[nH]c1C(=O)Nc1nc2ccccc2[nH]1.OCCOCc1ccccc1. The lowest BCUT2D eigenvalue weighted by molar-refractivity contribution is -0.385. The van der Waals surface area contributed by atoms with Gasteiger partial charge in [-0.25, -0.2) is 24.9 Å². The number of phenolic OH excluding ortho intramolecular Hbond substituents is 1. The molecular formula is C92H87Cl3N16O19. The van der Waals surface area contributed by atoms with Gasteiger partial charge >= 0.3 is 0 Å². The molecule has 16 aromatic rings. The zero-order valence-electron chi connectivity index (χ0n) is 70.0. The topological polar surface area (TPSA) is 491 Å². The number of imidazole rings is 5. The van der Waals surface area contributed by atoms with E-state index >= 15 is 0 Å². The lowest BCUT2D eigenvalue weighted by atomic mass is 10.2. The van der Waals surface area contributed by atoms with E-state index in [2.05, 4.69) is 50.5 Å². The van der Waals surface area contributed by atoms with Crippen molar-refractivity contribution in [3.8, 4) is 23.0 Å². The lowest BCUT2D eigenvalue weighted by Gasteiger charge is -2.11. The van der Waals surface area contributed by atoms with Crippen LogP contribution in [0.15, 0.2) is 271 Å². The van der Waals surface area contributed by atoms with Crippen molar-refractivity contribution in [1.82, 2.24) is 48.7 Å². The molecule has 6 heterocycles. The number of nitrogens with one attached hydrogen (secondary N) is 5. The number of hydrogen-bond acceptors (Lipinski definition) is 26. The van der Waals surface area contributed by atoms with Gasteiger partial charge in [-0.15, -0.1) is 0 Å². The first-order valence-electron chi connectivity index (χ1n) is 39.6. The number of aryl methyl sites for hydroxylation is 3. The van der Waals surface area contributed by atoms with Gasteiger partial charge in [0.1, 0.15) is 72.2 Å². The quantitative estimate of drug-likeness (QED) is 0.00664. The molecule has 0 unspecified atom stereocenters. The minimum absolute atomic E-state index is 0.0189. The molecule has 38 heteroatoms. The van der Waals surface area contributed by atoms with Crippen LogP contribution in [0.5, 0.6) is 23.0 Å². The van der Waals surface area contributed by atoms with E-state index in [0.717, 1.165) is 71.7 Å². The predicted octanol–water partition coefficient (Wildman–Crippen LogP) is 15.6. The standard InChI is InChI=1S/C27H23ClN6O4.C16H17NO4.C16H19NO2.C10H2Cl2N4O4.C9H12O2.C7H7N3.C7H7NO3/c28-19-14-18(38-13-12-37-15-17-6-2-1-3-7-17)10-11-20(19)31-25(35)23-24(30-16-29-23)26(36)34-27-32-21-8-4-5-9-22(21)33-27;1-13-11-15(7-8-16(13)17(18)19)21-10-9-20-12-14-5-3-2-4-6-14;1-13-11-15(7-8-16(13)17)19-10-9-18-12-14-5-3-2-4-6-14;11-7(17)3-5-10(20)16-2-14-4(8(12)18)6(16)9(19)15(5)1-13-3;10-6-7-11-8-9-4-2-1-3-5-9;8-7-9-5-3-1-2-4-6(5)10-7;1-5-4-6(9)2-3-7(5)8(10)11/h1-11,14,16H,12-13,15H2,(H,29,30)(H,31,35)(H2,32,33,34,36);2-8,11H,9-10,12H2,1H3;2-8,11H,9-10,12,17H2,1H3;1-2H;1-5,10H,6-8H2;1-4H,(H3,8,9,10);2-4,9H,1H3. The minimum atomic E-state index is -0.975. The molecule has 0 saturated carbocycles. The molecule has 35 nitrogen and oxygen atoms in total. The third kappa shape index (κ3) is 29.1. The number of rotatable bonds is 30. The van der Waals surface area contributed by atoms with E-state index < -0.39 is 43.3 Å². The fourth-order valence-electron chi connectivity index (χ4n) is 11.9. The molecule has 11 N–H and O–H groups in total. The molecule has 0 fully saturated rings. The highest BCUT2D eigenvalue weighted by Crippen LogP contribution is 2.29. The Bertz CT molecular complexity index is 6420. The number of carbonyl (C=O) groups is 4. The molecular weight excluding hydrogens is 1740 g/mol. The molecule has 0 aliphatic rings. The average Bonchev–Trinajstić information content (AvgIpc) is 1.58. The maximum absolute atomic E-state index is 12.9. The monoisotopic (exact) mass is 1820 g/mol. The number of fused-ring (bicyclic) bond motifs is 4. The third-order valence-corrected chi connectivity index (χ3v) is 18.9. The summed E-state index contributed by atoms with van der Waals surface area (Å²) in [5.74, 6) is 1.57. The second kappa shape index (κ2) is 49.5. The molecule has 0 bridgehead atoms. The van der Waals surface area contributed by atoms with Gasteiger partial charge in [0.2, 0.25) is 5.95 Å². The van der Waals surface area contributed by atoms with E-state index in [1.54, 1.807) is 44.2 Å². The minimum Gasteiger partial charge on any atom is -0.508 e. The van der Waals surface area contributed by atoms with E-state index in [-0.39, 0.29) is 68.5 Å². The van der Waals surface area contributed by atoms with Gasteiger partial charge in [-0.2, -0.15) is 0 Å². The van der Waals surface area contributed by atoms with Gasteiger partial charge in [0, 0.05) is 35.0 Å². The van der Waals surface area contributed by atoms with Crippen LogP contribution in [-0.2, 0) is 45.4 Å². The smallest absolute Gasteiger partial charge is 0.283 e. The number of nitrogens with zero attached hydrogens (tertiary/aromatic N) is 9. The number of halogens is 3. The Balaban J connectivity index is 0.000000166. The Labute approximate surface area is 756 Å². The summed E-state index contributed by atoms with van der Waals surface area (Å²) in [4.78, 5) is 121. The maximum atomic E-state index is 12.9. The summed E-state index contributed by atoms with van der Waals surface area (Å²) in [6, 6.07) is 74.1. The molecule has 0 atom stereocenters. The first-order chi connectivity index (χ1) is 62.8. The number of nitro benzene ring substituents is 2. The van der Waals surface area contributed by atoms with Crippen LogP contribution in [0.2, 0.25) is 5.02 Å². The highest BCUT2D eigenvalue weighted by Gasteiger charge is 2.25. The molecule has 0 aliphatic heterocycles. The largest absolute Gasteiger partial charge is 0.508 e. The average molecular weight is 1830 g/mol. The van der Waals surface area contributed by atoms with Gasteiger partial charge in [-0.3, -0.25) is 63.1 Å². The summed E-state index contributed by atoms with van der Waals surface area (Å²) in [6.07, 6.45) is 3.22. The van der Waals surface area contributed by atoms with Crippen molar-refractivity contribution in [3.63, 3.8) is 0 Å². The van der Waals surface area contributed by atoms with Crippen molar-refractivity contribution in [2.24, 2.45) is 0 Å². The van der Waals surface area contributed by atoms with Gasteiger partial charge in [-0.1, -0.05) is 157 Å². The van der Waals surface area contributed by atoms with Gasteiger partial charge in [-0.05, 0) is 151 Å². The Kier molecular flexibility index (Phi) is 36.9. The summed E-state index contributed by atoms with van der Waals surface area (Å²) in [5.41, 5.74) is 19.5. The first kappa shape index (κ1) is 96.9. The van der Waals surface area contributed by atoms with Crippen LogP contribution < -0.4 is 47.4 Å². The zero-order valence-corrected chi connectivity index (χ0v) is 72.2. The van der Waals surface area contributed by atoms with E-state index in [1.165, 1.54) is 36.2 Å². The number of nitro groups is 2. The number of amides is 2. The van der Waals surface area contributed by atoms with Gasteiger partial charge in [0.25, 0.3) is 44.8 Å². The van der Waals surface area contributed by atoms with E-state index in [0.29, 0.717) is 112 Å². The van der Waals surface area contributed by atoms with Crippen molar-refractivity contribution in [3.05, 3.63) is 369 Å². The number of ether oxygens (including phenoxy) is 7. The number of nitrogen functional groups attached to an aromatic ring is 2. The van der Waals surface area contributed by atoms with Crippen LogP contribution in [0.4, 0.5) is 34.6 Å². The molecule has 6 aromatic heterocycles. The number of hydrogen-bond donors (Lipinski definition) is 9. The molecule has 0 radical (unpaired) electrons. The van der Waals surface area contributed by atoms with Crippen LogP contribution >= 0.6 is 34.8 Å². The Hall–Kier alpha value is -15.3. The summed E-state index contributed by atoms with van der Waals surface area (Å²) >= 11 is 17.0. The third-order valence-electron chi connectivity index (χ3n) is 18.2. The Morgan fingerprint density at radius 1 is 0.469 bits per heavy atom. The number of para-hydroxylation sites is 4. The number of aliphatic hydroxyl groups excluding tert-OH is 1. The highest BCUT2D eigenvalue weighted by atomic mass is 35.5. The number of nitrogens with two attached hydrogens (primary N) is 2. The number of carbonyl (C=O) groups excluding carboxylic acids is 4. The van der Waals surface area contributed by atoms with E-state index in [1.807, 2.05) is 195 Å². The van der Waals surface area contributed by atoms with Crippen LogP contribution in [-0.4, -0.2) is 144 Å². The number of aliphatic hydroxyl groups is 1. The number of H-pyrrole nitrogens is 3. The molecule has 2 amide bonds. The maximum Gasteiger partial charge on any atom is 0.283 e. The first-order valence-corrected chi connectivity index (χ1v) is 40.7. The van der Waals surface area contributed by atoms with Crippen LogP contribution in [0.25, 0.3) is 33.1 Å². The normalized spacial score (nSPS) is 10.5. The molecule has 16 rings (SSSR count). The van der Waals surface area contributed by atoms with Gasteiger partial charge in [0.05, 0.1) is 108 Å². The van der Waals surface area contributed by atoms with Crippen LogP contribution in [0, 0.1) is 41.0 Å². The number of benzene rings is 10. The highest BCUT2D eigenvalue weighted by molar-refractivity contribution is 6.68. The van der Waals surface area contributed by atoms with Crippen molar-refractivity contribution in [2.75, 3.05) is 75.0 Å². The zero-order chi connectivity index (χ0) is 92.9. The Morgan fingerprint density at radius 2 is 0.885 bits per heavy atom. The molecule has 10 aromatic carbocycles. The van der Waals surface area contributed by atoms with Crippen molar-refractivity contribution in [1.29, 1.82) is 0 Å². The predicted molar refractivity (Wildman–Crippen MR) is 491 cm³/mol. The van der Waals surface area contributed by atoms with Crippen molar-refractivity contribution in [2.45, 2.75) is 47.2 Å². The summed E-state index contributed by atoms with van der Waals surface area (Å²) in [7, 11) is 0. The second-order valence-corrected chi connectivity index (χ2v) is 28.7. The number of aromatic amines is 3. The van der Waals surface area contributed by atoms with Crippen LogP contribution in [0.3, 0.4) is 0 Å². The van der Waals surface area contributed by atoms with Crippen LogP contribution in [0.1, 0.15) is 80.9 Å². The summed E-state index contributed by atoms with van der Waals surface area (Å²) in [5, 5.41) is 41.9. The van der Waals surface area contributed by atoms with Gasteiger partial charge < -0.3 is 75.1 Å². The van der Waals surface area contributed by atoms with Crippen molar-refractivity contribution >= 4 is 125 Å². The molecule has 0 aliphatic carbocycles. The fourth-order valence-corrected chi connectivity index (χ4v) is 12.4. The number of aromatic hydroxyl groups is 1. The number of aromatic nitrogens is 10. The summed E-state index contributed by atoms with van der Waals surface area (Å²) < 4.78 is 40.2. The van der Waals surface area contributed by atoms with E-state index in [4.69, 9.17) is 89.6 Å².